The van der Waals surface area contributed by atoms with Gasteiger partial charge in [0.1, 0.15) is 10.9 Å². The molecule has 0 atom stereocenters. The number of para-hydroxylation sites is 1. The highest BCUT2D eigenvalue weighted by atomic mass is 35.5. The van der Waals surface area contributed by atoms with E-state index in [0.29, 0.717) is 18.1 Å². The van der Waals surface area contributed by atoms with Crippen LogP contribution in [0.25, 0.3) is 0 Å². The molecule has 0 saturated heterocycles. The predicted molar refractivity (Wildman–Crippen MR) is 70.1 cm³/mol. The van der Waals surface area contributed by atoms with E-state index in [0.717, 1.165) is 16.9 Å². The summed E-state index contributed by atoms with van der Waals surface area (Å²) in [6.07, 6.45) is 2.21. The Morgan fingerprint density at radius 3 is 2.83 bits per heavy atom. The molecule has 0 unspecified atom stereocenters. The van der Waals surface area contributed by atoms with Crippen LogP contribution >= 0.6 is 11.6 Å². The van der Waals surface area contributed by atoms with Gasteiger partial charge in [-0.3, -0.25) is 0 Å². The van der Waals surface area contributed by atoms with E-state index in [9.17, 15) is 0 Å². The van der Waals surface area contributed by atoms with Crippen LogP contribution < -0.4 is 4.74 Å². The van der Waals surface area contributed by atoms with Gasteiger partial charge < -0.3 is 9.84 Å². The summed E-state index contributed by atoms with van der Waals surface area (Å²) in [5, 5.41) is 13.7. The molecule has 4 nitrogen and oxygen atoms in total. The van der Waals surface area contributed by atoms with Gasteiger partial charge in [0.05, 0.1) is 19.9 Å². The summed E-state index contributed by atoms with van der Waals surface area (Å²) in [4.78, 5) is 0. The maximum atomic E-state index is 8.91. The molecule has 0 saturated carbocycles. The number of benzene rings is 1. The van der Waals surface area contributed by atoms with E-state index in [1.807, 2.05) is 24.3 Å². The second kappa shape index (κ2) is 5.89. The maximum absolute atomic E-state index is 8.91. The van der Waals surface area contributed by atoms with Crippen LogP contribution in [0.5, 0.6) is 5.75 Å². The molecule has 0 radical (unpaired) electrons. The van der Waals surface area contributed by atoms with E-state index in [1.165, 1.54) is 0 Å². The molecule has 0 bridgehead atoms. The Kier molecular flexibility index (Phi) is 4.23. The molecule has 0 aliphatic heterocycles. The molecule has 1 aromatic carbocycles. The number of aliphatic hydroxyl groups excluding tert-OH is 1. The molecule has 0 spiro atoms. The Bertz CT molecular complexity index is 525. The van der Waals surface area contributed by atoms with Crippen LogP contribution in [-0.4, -0.2) is 28.6 Å². The molecular formula is C13H15ClN2O2. The zero-order valence-electron chi connectivity index (χ0n) is 10.1. The first kappa shape index (κ1) is 12.9. The fourth-order valence-corrected chi connectivity index (χ4v) is 2.05. The number of ether oxygens (including phenoxy) is 1. The average Bonchev–Trinajstić information content (AvgIpc) is 2.73. The molecule has 96 valence electrons. The zero-order chi connectivity index (χ0) is 13.0. The fourth-order valence-electron chi connectivity index (χ4n) is 1.80. The van der Waals surface area contributed by atoms with Crippen molar-refractivity contribution in [3.8, 4) is 5.75 Å². The number of aromatic nitrogens is 2. The van der Waals surface area contributed by atoms with Crippen molar-refractivity contribution in [1.29, 1.82) is 0 Å². The lowest BCUT2D eigenvalue weighted by Gasteiger charge is -2.09. The molecule has 0 amide bonds. The molecule has 0 aliphatic rings. The first-order valence-corrected chi connectivity index (χ1v) is 6.07. The summed E-state index contributed by atoms with van der Waals surface area (Å²) in [5.41, 5.74) is 1.87. The van der Waals surface area contributed by atoms with Crippen LogP contribution in [0.1, 0.15) is 11.1 Å². The molecule has 0 fully saturated rings. The molecule has 0 aliphatic carbocycles. The van der Waals surface area contributed by atoms with Crippen molar-refractivity contribution >= 4 is 11.6 Å². The number of hydrogen-bond acceptors (Lipinski definition) is 3. The summed E-state index contributed by atoms with van der Waals surface area (Å²) in [6, 6.07) is 7.75. The average molecular weight is 267 g/mol. The number of nitrogens with zero attached hydrogens (tertiary/aromatic N) is 2. The Balaban J connectivity index is 2.23. The molecule has 2 rings (SSSR count). The Morgan fingerprint density at radius 2 is 2.11 bits per heavy atom. The normalized spacial score (nSPS) is 10.6. The van der Waals surface area contributed by atoms with Gasteiger partial charge in [-0.2, -0.15) is 5.10 Å². The number of methoxy groups -OCH3 is 1. The lowest BCUT2D eigenvalue weighted by Crippen LogP contribution is -2.03. The van der Waals surface area contributed by atoms with Crippen LogP contribution in [-0.2, 0) is 13.0 Å². The number of hydrogen-bond donors (Lipinski definition) is 1. The third-order valence-electron chi connectivity index (χ3n) is 2.74. The van der Waals surface area contributed by atoms with Gasteiger partial charge in [0.15, 0.2) is 0 Å². The van der Waals surface area contributed by atoms with Crippen LogP contribution in [0.15, 0.2) is 30.5 Å². The molecule has 1 heterocycles. The standard InChI is InChI=1S/C13H15ClN2O2/c1-18-12-5-3-2-4-11(12)9-16-13(14)10(6-7-17)8-15-16/h2-5,8,17H,6-7,9H2,1H3. The molecule has 18 heavy (non-hydrogen) atoms. The topological polar surface area (TPSA) is 47.3 Å². The lowest BCUT2D eigenvalue weighted by atomic mass is 10.2. The second-order valence-corrected chi connectivity index (χ2v) is 4.26. The fraction of sp³-hybridized carbons (Fsp3) is 0.308. The Hall–Kier alpha value is -1.52. The zero-order valence-corrected chi connectivity index (χ0v) is 10.9. The quantitative estimate of drug-likeness (QED) is 0.902. The van der Waals surface area contributed by atoms with Crippen LogP contribution in [0, 0.1) is 0 Å². The first-order chi connectivity index (χ1) is 8.76. The van der Waals surface area contributed by atoms with E-state index in [1.54, 1.807) is 18.0 Å². The minimum Gasteiger partial charge on any atom is -0.496 e. The largest absolute Gasteiger partial charge is 0.496 e. The van der Waals surface area contributed by atoms with E-state index in [4.69, 9.17) is 21.4 Å². The summed E-state index contributed by atoms with van der Waals surface area (Å²) in [7, 11) is 1.64. The van der Waals surface area contributed by atoms with Crippen molar-refractivity contribution in [3.05, 3.63) is 46.7 Å². The van der Waals surface area contributed by atoms with E-state index < -0.39 is 0 Å². The van der Waals surface area contributed by atoms with E-state index >= 15 is 0 Å². The Labute approximate surface area is 111 Å². The predicted octanol–water partition coefficient (Wildman–Crippen LogP) is 2.13. The van der Waals surface area contributed by atoms with Crippen molar-refractivity contribution in [2.45, 2.75) is 13.0 Å². The van der Waals surface area contributed by atoms with Gasteiger partial charge in [0.2, 0.25) is 0 Å². The Morgan fingerprint density at radius 1 is 1.33 bits per heavy atom. The van der Waals surface area contributed by atoms with E-state index in [2.05, 4.69) is 5.10 Å². The number of rotatable bonds is 5. The molecule has 5 heteroatoms. The number of halogens is 1. The van der Waals surface area contributed by atoms with Crippen molar-refractivity contribution < 1.29 is 9.84 Å². The summed E-state index contributed by atoms with van der Waals surface area (Å²) >= 11 is 6.20. The van der Waals surface area contributed by atoms with Gasteiger partial charge in [0, 0.05) is 24.2 Å². The minimum atomic E-state index is 0.0695. The van der Waals surface area contributed by atoms with Gasteiger partial charge in [-0.25, -0.2) is 4.68 Å². The van der Waals surface area contributed by atoms with Crippen LogP contribution in [0.4, 0.5) is 0 Å². The third kappa shape index (κ3) is 2.66. The summed E-state index contributed by atoms with van der Waals surface area (Å²) < 4.78 is 6.99. The lowest BCUT2D eigenvalue weighted by molar-refractivity contribution is 0.299. The van der Waals surface area contributed by atoms with Crippen molar-refractivity contribution in [3.63, 3.8) is 0 Å². The van der Waals surface area contributed by atoms with Gasteiger partial charge in [0.25, 0.3) is 0 Å². The minimum absolute atomic E-state index is 0.0695. The van der Waals surface area contributed by atoms with Gasteiger partial charge in [-0.1, -0.05) is 29.8 Å². The highest BCUT2D eigenvalue weighted by Gasteiger charge is 2.10. The highest BCUT2D eigenvalue weighted by Crippen LogP contribution is 2.22. The number of aliphatic hydroxyl groups is 1. The second-order valence-electron chi connectivity index (χ2n) is 3.90. The van der Waals surface area contributed by atoms with Crippen molar-refractivity contribution in [1.82, 2.24) is 9.78 Å². The van der Waals surface area contributed by atoms with Gasteiger partial charge in [-0.15, -0.1) is 0 Å². The summed E-state index contributed by atoms with van der Waals surface area (Å²) in [6.45, 7) is 0.619. The molecule has 2 aromatic rings. The molecular weight excluding hydrogens is 252 g/mol. The van der Waals surface area contributed by atoms with Gasteiger partial charge >= 0.3 is 0 Å². The monoisotopic (exact) mass is 266 g/mol. The van der Waals surface area contributed by atoms with Crippen molar-refractivity contribution in [2.24, 2.45) is 0 Å². The van der Waals surface area contributed by atoms with Crippen molar-refractivity contribution in [2.75, 3.05) is 13.7 Å². The van der Waals surface area contributed by atoms with Crippen LogP contribution in [0.2, 0.25) is 5.15 Å². The molecule has 1 aromatic heterocycles. The first-order valence-electron chi connectivity index (χ1n) is 5.69. The van der Waals surface area contributed by atoms with E-state index in [-0.39, 0.29) is 6.61 Å². The highest BCUT2D eigenvalue weighted by molar-refractivity contribution is 6.30. The van der Waals surface area contributed by atoms with Crippen LogP contribution in [0.3, 0.4) is 0 Å². The molecule has 1 N–H and O–H groups in total. The summed E-state index contributed by atoms with van der Waals surface area (Å²) in [5.74, 6) is 0.813. The maximum Gasteiger partial charge on any atom is 0.130 e. The SMILES string of the molecule is COc1ccccc1Cn1ncc(CCO)c1Cl. The third-order valence-corrected chi connectivity index (χ3v) is 3.18. The smallest absolute Gasteiger partial charge is 0.130 e. The van der Waals surface area contributed by atoms with Gasteiger partial charge in [-0.05, 0) is 6.07 Å².